The van der Waals surface area contributed by atoms with Crippen LogP contribution in [0, 0.1) is 6.92 Å². The number of anilines is 3. The summed E-state index contributed by atoms with van der Waals surface area (Å²) >= 11 is 5.90. The average Bonchev–Trinajstić information content (AvgIpc) is 2.61. The Bertz CT molecular complexity index is 880. The molecule has 0 fully saturated rings. The van der Waals surface area contributed by atoms with E-state index in [0.29, 0.717) is 18.5 Å². The summed E-state index contributed by atoms with van der Waals surface area (Å²) in [5, 5.41) is 7.32. The van der Waals surface area contributed by atoms with Gasteiger partial charge in [0, 0.05) is 22.8 Å². The largest absolute Gasteiger partial charge is 0.489 e. The zero-order valence-electron chi connectivity index (χ0n) is 15.7. The molecule has 0 saturated heterocycles. The Balaban J connectivity index is 1.62. The quantitative estimate of drug-likeness (QED) is 0.558. The van der Waals surface area contributed by atoms with Gasteiger partial charge in [0.25, 0.3) is 0 Å². The highest BCUT2D eigenvalue weighted by Crippen LogP contribution is 2.21. The highest BCUT2D eigenvalue weighted by Gasteiger charge is 2.04. The van der Waals surface area contributed by atoms with Crippen LogP contribution in [0.4, 0.5) is 17.3 Å². The van der Waals surface area contributed by atoms with Crippen LogP contribution in [-0.2, 0) is 6.61 Å². The number of nitrogens with zero attached hydrogens (tertiary/aromatic N) is 2. The molecule has 1 heterocycles. The standard InChI is InChI=1S/C21H23ClN4O/c1-14(2)23-20-12-21(25-15(3)24-20)26-18-8-10-19(11-9-18)27-13-16-4-6-17(22)7-5-16/h4-12,14H,13H2,1-3H3,(H2,23,24,25,26). The van der Waals surface area contributed by atoms with Crippen LogP contribution in [-0.4, -0.2) is 16.0 Å². The topological polar surface area (TPSA) is 59.1 Å². The lowest BCUT2D eigenvalue weighted by molar-refractivity contribution is 0.306. The number of halogens is 1. The van der Waals surface area contributed by atoms with Crippen molar-refractivity contribution in [1.29, 1.82) is 0 Å². The number of aryl methyl sites for hydroxylation is 1. The Morgan fingerprint density at radius 1 is 0.963 bits per heavy atom. The first-order chi connectivity index (χ1) is 13.0. The number of benzene rings is 2. The number of rotatable bonds is 7. The van der Waals surface area contributed by atoms with Gasteiger partial charge in [-0.25, -0.2) is 9.97 Å². The Morgan fingerprint density at radius 3 is 2.30 bits per heavy atom. The Morgan fingerprint density at radius 2 is 1.63 bits per heavy atom. The van der Waals surface area contributed by atoms with E-state index >= 15 is 0 Å². The molecule has 2 N–H and O–H groups in total. The van der Waals surface area contributed by atoms with E-state index < -0.39 is 0 Å². The van der Waals surface area contributed by atoms with Gasteiger partial charge in [-0.05, 0) is 62.7 Å². The summed E-state index contributed by atoms with van der Waals surface area (Å²) < 4.78 is 5.81. The summed E-state index contributed by atoms with van der Waals surface area (Å²) in [6.07, 6.45) is 0. The van der Waals surface area contributed by atoms with Crippen LogP contribution in [0.15, 0.2) is 54.6 Å². The molecule has 0 saturated carbocycles. The molecule has 140 valence electrons. The van der Waals surface area contributed by atoms with Crippen molar-refractivity contribution in [3.63, 3.8) is 0 Å². The van der Waals surface area contributed by atoms with Gasteiger partial charge in [0.05, 0.1) is 0 Å². The van der Waals surface area contributed by atoms with Crippen molar-refractivity contribution in [2.24, 2.45) is 0 Å². The van der Waals surface area contributed by atoms with E-state index in [4.69, 9.17) is 16.3 Å². The van der Waals surface area contributed by atoms with Crippen molar-refractivity contribution in [3.05, 3.63) is 71.0 Å². The lowest BCUT2D eigenvalue weighted by Crippen LogP contribution is -2.12. The van der Waals surface area contributed by atoms with Gasteiger partial charge in [-0.15, -0.1) is 0 Å². The molecule has 3 rings (SSSR count). The fourth-order valence-electron chi connectivity index (χ4n) is 2.53. The normalized spacial score (nSPS) is 10.7. The van der Waals surface area contributed by atoms with Gasteiger partial charge in [-0.1, -0.05) is 23.7 Å². The minimum Gasteiger partial charge on any atom is -0.489 e. The summed E-state index contributed by atoms with van der Waals surface area (Å²) in [6, 6.07) is 17.6. The van der Waals surface area contributed by atoms with Crippen LogP contribution in [0.3, 0.4) is 0 Å². The smallest absolute Gasteiger partial charge is 0.136 e. The predicted molar refractivity (Wildman–Crippen MR) is 111 cm³/mol. The van der Waals surface area contributed by atoms with E-state index in [1.54, 1.807) is 0 Å². The maximum Gasteiger partial charge on any atom is 0.136 e. The molecule has 0 aliphatic rings. The van der Waals surface area contributed by atoms with Crippen molar-refractivity contribution in [3.8, 4) is 5.75 Å². The van der Waals surface area contributed by atoms with Crippen molar-refractivity contribution < 1.29 is 4.74 Å². The van der Waals surface area contributed by atoms with Gasteiger partial charge in [0.1, 0.15) is 29.8 Å². The number of nitrogens with one attached hydrogen (secondary N) is 2. The fraction of sp³-hybridized carbons (Fsp3) is 0.238. The first-order valence-electron chi connectivity index (χ1n) is 8.84. The molecule has 27 heavy (non-hydrogen) atoms. The van der Waals surface area contributed by atoms with Crippen LogP contribution >= 0.6 is 11.6 Å². The number of ether oxygens (including phenoxy) is 1. The van der Waals surface area contributed by atoms with Gasteiger partial charge in [-0.2, -0.15) is 0 Å². The van der Waals surface area contributed by atoms with Gasteiger partial charge < -0.3 is 15.4 Å². The lowest BCUT2D eigenvalue weighted by Gasteiger charge is -2.12. The van der Waals surface area contributed by atoms with E-state index in [-0.39, 0.29) is 0 Å². The molecule has 0 aliphatic heterocycles. The van der Waals surface area contributed by atoms with Crippen LogP contribution in [0.1, 0.15) is 25.2 Å². The van der Waals surface area contributed by atoms with Crippen molar-refractivity contribution in [1.82, 2.24) is 9.97 Å². The Kier molecular flexibility index (Phi) is 6.14. The van der Waals surface area contributed by atoms with E-state index in [1.165, 1.54) is 0 Å². The molecule has 0 spiro atoms. The fourth-order valence-corrected chi connectivity index (χ4v) is 2.66. The lowest BCUT2D eigenvalue weighted by atomic mass is 10.2. The van der Waals surface area contributed by atoms with Crippen molar-refractivity contribution in [2.75, 3.05) is 10.6 Å². The van der Waals surface area contributed by atoms with Gasteiger partial charge in [-0.3, -0.25) is 0 Å². The van der Waals surface area contributed by atoms with Gasteiger partial charge >= 0.3 is 0 Å². The third-order valence-electron chi connectivity index (χ3n) is 3.72. The van der Waals surface area contributed by atoms with Crippen molar-refractivity contribution in [2.45, 2.75) is 33.4 Å². The summed E-state index contributed by atoms with van der Waals surface area (Å²) in [5.74, 6) is 3.08. The van der Waals surface area contributed by atoms with E-state index in [9.17, 15) is 0 Å². The second-order valence-corrected chi connectivity index (χ2v) is 6.99. The molecule has 2 aromatic carbocycles. The van der Waals surface area contributed by atoms with Crippen LogP contribution in [0.2, 0.25) is 5.02 Å². The van der Waals surface area contributed by atoms with Crippen LogP contribution in [0.25, 0.3) is 0 Å². The van der Waals surface area contributed by atoms with E-state index in [0.717, 1.165) is 33.7 Å². The minimum atomic E-state index is 0.309. The minimum absolute atomic E-state index is 0.309. The van der Waals surface area contributed by atoms with Gasteiger partial charge in [0.2, 0.25) is 0 Å². The Hall–Kier alpha value is -2.79. The van der Waals surface area contributed by atoms with Gasteiger partial charge in [0.15, 0.2) is 0 Å². The zero-order valence-corrected chi connectivity index (χ0v) is 16.4. The molecule has 3 aromatic rings. The molecule has 0 amide bonds. The summed E-state index contributed by atoms with van der Waals surface area (Å²) in [7, 11) is 0. The second kappa shape index (κ2) is 8.73. The molecule has 0 bridgehead atoms. The summed E-state index contributed by atoms with van der Waals surface area (Å²) in [4.78, 5) is 8.84. The number of hydrogen-bond donors (Lipinski definition) is 2. The second-order valence-electron chi connectivity index (χ2n) is 6.55. The first kappa shape index (κ1) is 19.0. The SMILES string of the molecule is Cc1nc(Nc2ccc(OCc3ccc(Cl)cc3)cc2)cc(NC(C)C)n1. The summed E-state index contributed by atoms with van der Waals surface area (Å²) in [5.41, 5.74) is 2.01. The average molecular weight is 383 g/mol. The molecule has 5 nitrogen and oxygen atoms in total. The highest BCUT2D eigenvalue weighted by atomic mass is 35.5. The molecule has 0 radical (unpaired) electrons. The maximum absolute atomic E-state index is 5.90. The van der Waals surface area contributed by atoms with Crippen molar-refractivity contribution >= 4 is 28.9 Å². The molecule has 0 atom stereocenters. The van der Waals surface area contributed by atoms with Crippen LogP contribution in [0.5, 0.6) is 5.75 Å². The summed E-state index contributed by atoms with van der Waals surface area (Å²) in [6.45, 7) is 6.53. The molecule has 6 heteroatoms. The third kappa shape index (κ3) is 5.86. The maximum atomic E-state index is 5.90. The first-order valence-corrected chi connectivity index (χ1v) is 9.22. The molecular weight excluding hydrogens is 360 g/mol. The highest BCUT2D eigenvalue weighted by molar-refractivity contribution is 6.30. The predicted octanol–water partition coefficient (Wildman–Crippen LogP) is 5.58. The van der Waals surface area contributed by atoms with E-state index in [2.05, 4.69) is 34.4 Å². The Labute approximate surface area is 164 Å². The molecule has 0 unspecified atom stereocenters. The third-order valence-corrected chi connectivity index (χ3v) is 3.97. The molecular formula is C21H23ClN4O. The molecule has 1 aromatic heterocycles. The zero-order chi connectivity index (χ0) is 19.2. The van der Waals surface area contributed by atoms with E-state index in [1.807, 2.05) is 61.5 Å². The number of hydrogen-bond acceptors (Lipinski definition) is 5. The monoisotopic (exact) mass is 382 g/mol. The van der Waals surface area contributed by atoms with Crippen LogP contribution < -0.4 is 15.4 Å². The number of aromatic nitrogens is 2. The molecule has 0 aliphatic carbocycles.